The summed E-state index contributed by atoms with van der Waals surface area (Å²) in [5.74, 6) is 0.358. The predicted molar refractivity (Wildman–Crippen MR) is 78.5 cm³/mol. The van der Waals surface area contributed by atoms with Crippen LogP contribution in [0.1, 0.15) is 21.5 Å². The van der Waals surface area contributed by atoms with Crippen LogP contribution in [0.3, 0.4) is 0 Å². The number of phenols is 1. The molecule has 0 atom stereocenters. The monoisotopic (exact) mass is 271 g/mol. The summed E-state index contributed by atoms with van der Waals surface area (Å²) < 4.78 is 5.18. The number of hydrogen-bond acceptors (Lipinski definition) is 3. The minimum absolute atomic E-state index is 0.0174. The predicted octanol–water partition coefficient (Wildman–Crippen LogP) is 3.27. The fraction of sp³-hybridized carbons (Fsp3) is 0.188. The van der Waals surface area contributed by atoms with Gasteiger partial charge >= 0.3 is 0 Å². The number of carbonyl (C=O) groups excluding carboxylic acids is 1. The number of benzene rings is 2. The average Bonchev–Trinajstić information content (AvgIpc) is 2.42. The molecule has 20 heavy (non-hydrogen) atoms. The highest BCUT2D eigenvalue weighted by Gasteiger charge is 2.11. The molecule has 0 saturated carbocycles. The molecule has 0 radical (unpaired) electrons. The SMILES string of the molecule is COc1cc(NC(=O)c2ccc(C)cc2)c(O)cc1C. The zero-order valence-corrected chi connectivity index (χ0v) is 11.7. The van der Waals surface area contributed by atoms with Crippen LogP contribution >= 0.6 is 0 Å². The molecule has 4 heteroatoms. The van der Waals surface area contributed by atoms with Crippen molar-refractivity contribution in [3.8, 4) is 11.5 Å². The average molecular weight is 271 g/mol. The van der Waals surface area contributed by atoms with Crippen LogP contribution in [0.5, 0.6) is 11.5 Å². The van der Waals surface area contributed by atoms with Gasteiger partial charge in [0.1, 0.15) is 11.5 Å². The lowest BCUT2D eigenvalue weighted by Crippen LogP contribution is -2.12. The highest BCUT2D eigenvalue weighted by Crippen LogP contribution is 2.31. The number of phenolic OH excluding ortho intramolecular Hbond substituents is 1. The number of methoxy groups -OCH3 is 1. The van der Waals surface area contributed by atoms with Gasteiger partial charge in [-0.2, -0.15) is 0 Å². The number of hydrogen-bond donors (Lipinski definition) is 2. The largest absolute Gasteiger partial charge is 0.506 e. The Labute approximate surface area is 118 Å². The molecule has 0 aromatic heterocycles. The van der Waals surface area contributed by atoms with E-state index in [-0.39, 0.29) is 11.7 Å². The molecule has 0 fully saturated rings. The Morgan fingerprint density at radius 3 is 2.40 bits per heavy atom. The van der Waals surface area contributed by atoms with E-state index in [9.17, 15) is 9.90 Å². The van der Waals surface area contributed by atoms with E-state index in [1.807, 2.05) is 26.0 Å². The minimum Gasteiger partial charge on any atom is -0.506 e. The van der Waals surface area contributed by atoms with Gasteiger partial charge in [-0.15, -0.1) is 0 Å². The van der Waals surface area contributed by atoms with Gasteiger partial charge in [-0.3, -0.25) is 4.79 Å². The van der Waals surface area contributed by atoms with Crippen molar-refractivity contribution in [1.82, 2.24) is 0 Å². The summed E-state index contributed by atoms with van der Waals surface area (Å²) in [6.07, 6.45) is 0. The lowest BCUT2D eigenvalue weighted by atomic mass is 10.1. The Morgan fingerprint density at radius 2 is 1.80 bits per heavy atom. The van der Waals surface area contributed by atoms with E-state index < -0.39 is 0 Å². The second-order valence-electron chi connectivity index (χ2n) is 4.66. The van der Waals surface area contributed by atoms with E-state index in [0.29, 0.717) is 17.0 Å². The van der Waals surface area contributed by atoms with Crippen LogP contribution in [-0.2, 0) is 0 Å². The lowest BCUT2D eigenvalue weighted by Gasteiger charge is -2.11. The fourth-order valence-electron chi connectivity index (χ4n) is 1.89. The van der Waals surface area contributed by atoms with Crippen LogP contribution < -0.4 is 10.1 Å². The highest BCUT2D eigenvalue weighted by molar-refractivity contribution is 6.05. The zero-order valence-electron chi connectivity index (χ0n) is 11.7. The first-order valence-electron chi connectivity index (χ1n) is 6.27. The maximum Gasteiger partial charge on any atom is 0.255 e. The van der Waals surface area contributed by atoms with E-state index in [2.05, 4.69) is 5.32 Å². The number of anilines is 1. The zero-order chi connectivity index (χ0) is 14.7. The number of nitrogens with one attached hydrogen (secondary N) is 1. The van der Waals surface area contributed by atoms with Gasteiger partial charge in [0.2, 0.25) is 0 Å². The van der Waals surface area contributed by atoms with Gasteiger partial charge in [0.05, 0.1) is 12.8 Å². The molecule has 2 aromatic rings. The number of aromatic hydroxyl groups is 1. The van der Waals surface area contributed by atoms with Crippen LogP contribution in [0, 0.1) is 13.8 Å². The summed E-state index contributed by atoms with van der Waals surface area (Å²) >= 11 is 0. The van der Waals surface area contributed by atoms with Crippen molar-refractivity contribution in [1.29, 1.82) is 0 Å². The van der Waals surface area contributed by atoms with Crippen molar-refractivity contribution in [3.63, 3.8) is 0 Å². The molecule has 0 spiro atoms. The van der Waals surface area contributed by atoms with Gasteiger partial charge in [0, 0.05) is 11.6 Å². The van der Waals surface area contributed by atoms with Gasteiger partial charge in [0.25, 0.3) is 5.91 Å². The van der Waals surface area contributed by atoms with Crippen LogP contribution in [0.25, 0.3) is 0 Å². The Morgan fingerprint density at radius 1 is 1.15 bits per heavy atom. The van der Waals surface area contributed by atoms with E-state index in [1.165, 1.54) is 0 Å². The Kier molecular flexibility index (Phi) is 3.94. The van der Waals surface area contributed by atoms with Crippen molar-refractivity contribution in [3.05, 3.63) is 53.1 Å². The summed E-state index contributed by atoms with van der Waals surface area (Å²) in [6.45, 7) is 3.78. The van der Waals surface area contributed by atoms with Crippen LogP contribution in [0.2, 0.25) is 0 Å². The Bertz CT molecular complexity index is 633. The molecule has 104 valence electrons. The summed E-state index contributed by atoms with van der Waals surface area (Å²) in [7, 11) is 1.55. The molecule has 0 aliphatic heterocycles. The van der Waals surface area contributed by atoms with E-state index in [4.69, 9.17) is 4.74 Å². The van der Waals surface area contributed by atoms with E-state index in [0.717, 1.165) is 11.1 Å². The van der Waals surface area contributed by atoms with Gasteiger partial charge in [0.15, 0.2) is 0 Å². The first kappa shape index (κ1) is 13.9. The standard InChI is InChI=1S/C16H17NO3/c1-10-4-6-12(7-5-10)16(19)17-13-9-15(20-3)11(2)8-14(13)18/h4-9,18H,1-3H3,(H,17,19). The Balaban J connectivity index is 2.25. The van der Waals surface area contributed by atoms with Crippen molar-refractivity contribution < 1.29 is 14.6 Å². The third kappa shape index (κ3) is 2.91. The van der Waals surface area contributed by atoms with Gasteiger partial charge in [-0.1, -0.05) is 17.7 Å². The number of rotatable bonds is 3. The van der Waals surface area contributed by atoms with E-state index in [1.54, 1.807) is 31.4 Å². The summed E-state index contributed by atoms with van der Waals surface area (Å²) in [4.78, 5) is 12.1. The first-order valence-corrected chi connectivity index (χ1v) is 6.27. The number of carbonyl (C=O) groups is 1. The lowest BCUT2D eigenvalue weighted by molar-refractivity contribution is 0.102. The second-order valence-corrected chi connectivity index (χ2v) is 4.66. The fourth-order valence-corrected chi connectivity index (χ4v) is 1.89. The minimum atomic E-state index is -0.272. The molecule has 2 rings (SSSR count). The molecule has 0 heterocycles. The third-order valence-corrected chi connectivity index (χ3v) is 3.08. The van der Waals surface area contributed by atoms with Crippen LogP contribution in [0.15, 0.2) is 36.4 Å². The summed E-state index contributed by atoms with van der Waals surface area (Å²) in [5.41, 5.74) is 2.76. The maximum absolute atomic E-state index is 12.1. The van der Waals surface area contributed by atoms with E-state index >= 15 is 0 Å². The molecule has 0 aliphatic carbocycles. The van der Waals surface area contributed by atoms with Gasteiger partial charge in [-0.05, 0) is 37.6 Å². The molecular formula is C16H17NO3. The van der Waals surface area contributed by atoms with Crippen molar-refractivity contribution in [2.45, 2.75) is 13.8 Å². The van der Waals surface area contributed by atoms with Crippen LogP contribution in [-0.4, -0.2) is 18.1 Å². The second kappa shape index (κ2) is 5.65. The maximum atomic E-state index is 12.1. The molecule has 0 bridgehead atoms. The molecular weight excluding hydrogens is 254 g/mol. The van der Waals surface area contributed by atoms with Crippen molar-refractivity contribution in [2.75, 3.05) is 12.4 Å². The van der Waals surface area contributed by atoms with Gasteiger partial charge < -0.3 is 15.2 Å². The first-order chi connectivity index (χ1) is 9.51. The molecule has 4 nitrogen and oxygen atoms in total. The normalized spacial score (nSPS) is 10.2. The third-order valence-electron chi connectivity index (χ3n) is 3.08. The van der Waals surface area contributed by atoms with Gasteiger partial charge in [-0.25, -0.2) is 0 Å². The molecule has 0 aliphatic rings. The number of aryl methyl sites for hydroxylation is 2. The molecule has 0 saturated heterocycles. The molecule has 2 aromatic carbocycles. The summed E-state index contributed by atoms with van der Waals surface area (Å²) in [6, 6.07) is 10.4. The van der Waals surface area contributed by atoms with Crippen molar-refractivity contribution in [2.24, 2.45) is 0 Å². The highest BCUT2D eigenvalue weighted by atomic mass is 16.5. The van der Waals surface area contributed by atoms with Crippen molar-refractivity contribution >= 4 is 11.6 Å². The quantitative estimate of drug-likeness (QED) is 0.842. The number of amides is 1. The smallest absolute Gasteiger partial charge is 0.255 e. The summed E-state index contributed by atoms with van der Waals surface area (Å²) in [5, 5.41) is 12.6. The molecule has 2 N–H and O–H groups in total. The molecule has 1 amide bonds. The number of ether oxygens (including phenoxy) is 1. The topological polar surface area (TPSA) is 58.6 Å². The molecule has 0 unspecified atom stereocenters. The Hall–Kier alpha value is -2.49. The van der Waals surface area contributed by atoms with Crippen LogP contribution in [0.4, 0.5) is 5.69 Å².